The summed E-state index contributed by atoms with van der Waals surface area (Å²) in [4.78, 5) is 12.5. The Labute approximate surface area is 125 Å². The number of benzene rings is 1. The summed E-state index contributed by atoms with van der Waals surface area (Å²) in [5, 5.41) is 13.4. The third-order valence-electron chi connectivity index (χ3n) is 3.59. The number of hydrogen-bond acceptors (Lipinski definition) is 2. The van der Waals surface area contributed by atoms with Crippen molar-refractivity contribution in [1.82, 2.24) is 9.88 Å². The molecule has 1 heterocycles. The van der Waals surface area contributed by atoms with Gasteiger partial charge < -0.3 is 15.0 Å². The highest BCUT2D eigenvalue weighted by Gasteiger charge is 2.21. The van der Waals surface area contributed by atoms with E-state index >= 15 is 0 Å². The summed E-state index contributed by atoms with van der Waals surface area (Å²) in [6, 6.07) is 7.42. The summed E-state index contributed by atoms with van der Waals surface area (Å²) in [6.45, 7) is 6.24. The number of nitrogens with one attached hydrogen (secondary N) is 1. The molecule has 4 nitrogen and oxygen atoms in total. The van der Waals surface area contributed by atoms with E-state index in [2.05, 4.69) is 26.1 Å². The molecular weight excluding hydrogens is 264 g/mol. The van der Waals surface area contributed by atoms with E-state index in [1.807, 2.05) is 42.1 Å². The van der Waals surface area contributed by atoms with E-state index in [1.54, 1.807) is 0 Å². The fraction of sp³-hybridized carbons (Fsp3) is 0.471. The van der Waals surface area contributed by atoms with Gasteiger partial charge in [0.05, 0.1) is 12.6 Å². The monoisotopic (exact) mass is 288 g/mol. The van der Waals surface area contributed by atoms with E-state index in [0.717, 1.165) is 17.3 Å². The van der Waals surface area contributed by atoms with Crippen LogP contribution in [0, 0.1) is 5.41 Å². The molecule has 0 aliphatic rings. The van der Waals surface area contributed by atoms with Crippen LogP contribution in [0.4, 0.5) is 0 Å². The molecule has 0 fully saturated rings. The zero-order valence-electron chi connectivity index (χ0n) is 13.2. The van der Waals surface area contributed by atoms with Crippen LogP contribution in [0.1, 0.15) is 37.6 Å². The van der Waals surface area contributed by atoms with Crippen LogP contribution in [-0.2, 0) is 7.05 Å². The van der Waals surface area contributed by atoms with Gasteiger partial charge in [0, 0.05) is 29.7 Å². The second-order valence-corrected chi connectivity index (χ2v) is 6.78. The molecule has 1 unspecified atom stereocenters. The van der Waals surface area contributed by atoms with Gasteiger partial charge in [0.15, 0.2) is 0 Å². The normalized spacial score (nSPS) is 13.4. The minimum absolute atomic E-state index is 0.0478. The first-order valence-corrected chi connectivity index (χ1v) is 7.27. The Morgan fingerprint density at radius 3 is 2.67 bits per heavy atom. The number of hydrogen-bond donors (Lipinski definition) is 2. The van der Waals surface area contributed by atoms with Crippen molar-refractivity contribution < 1.29 is 9.90 Å². The Hall–Kier alpha value is -1.81. The maximum Gasteiger partial charge on any atom is 0.252 e. The number of aromatic nitrogens is 1. The molecule has 1 aromatic carbocycles. The van der Waals surface area contributed by atoms with Gasteiger partial charge in [0.2, 0.25) is 0 Å². The van der Waals surface area contributed by atoms with Crippen LogP contribution in [0.15, 0.2) is 30.5 Å². The van der Waals surface area contributed by atoms with Gasteiger partial charge in [-0.05, 0) is 30.0 Å². The molecule has 1 atom stereocenters. The van der Waals surface area contributed by atoms with Gasteiger partial charge in [0.1, 0.15) is 0 Å². The number of nitrogens with zero attached hydrogens (tertiary/aromatic N) is 1. The quantitative estimate of drug-likeness (QED) is 0.909. The maximum absolute atomic E-state index is 12.5. The first-order valence-electron chi connectivity index (χ1n) is 7.27. The summed E-state index contributed by atoms with van der Waals surface area (Å²) >= 11 is 0. The van der Waals surface area contributed by atoms with Gasteiger partial charge in [-0.25, -0.2) is 0 Å². The Morgan fingerprint density at radius 1 is 1.33 bits per heavy atom. The van der Waals surface area contributed by atoms with E-state index in [4.69, 9.17) is 0 Å². The molecule has 1 amide bonds. The van der Waals surface area contributed by atoms with Crippen LogP contribution in [-0.4, -0.2) is 28.2 Å². The number of amides is 1. The fourth-order valence-corrected chi connectivity index (χ4v) is 2.66. The van der Waals surface area contributed by atoms with Gasteiger partial charge >= 0.3 is 0 Å². The number of aliphatic hydroxyl groups is 1. The first-order chi connectivity index (χ1) is 9.81. The number of fused-ring (bicyclic) bond motifs is 1. The van der Waals surface area contributed by atoms with Gasteiger partial charge in [-0.1, -0.05) is 26.8 Å². The molecule has 0 saturated carbocycles. The van der Waals surface area contributed by atoms with Crippen molar-refractivity contribution in [2.24, 2.45) is 12.5 Å². The predicted molar refractivity (Wildman–Crippen MR) is 85.3 cm³/mol. The van der Waals surface area contributed by atoms with Crippen LogP contribution in [0.25, 0.3) is 10.9 Å². The lowest BCUT2D eigenvalue weighted by Gasteiger charge is -2.25. The Balaban J connectivity index is 2.22. The lowest BCUT2D eigenvalue weighted by molar-refractivity contribution is 0.0899. The molecule has 2 rings (SSSR count). The number of aryl methyl sites for hydroxylation is 1. The van der Waals surface area contributed by atoms with Gasteiger partial charge in [-0.2, -0.15) is 0 Å². The molecule has 0 spiro atoms. The third kappa shape index (κ3) is 3.64. The molecular formula is C17H24N2O2. The van der Waals surface area contributed by atoms with Crippen LogP contribution >= 0.6 is 0 Å². The number of aliphatic hydroxyl groups excluding tert-OH is 1. The van der Waals surface area contributed by atoms with Crippen LogP contribution in [0.5, 0.6) is 0 Å². The molecule has 0 radical (unpaired) electrons. The second kappa shape index (κ2) is 5.90. The number of rotatable bonds is 4. The van der Waals surface area contributed by atoms with Crippen molar-refractivity contribution in [2.75, 3.05) is 6.61 Å². The van der Waals surface area contributed by atoms with E-state index in [1.165, 1.54) is 0 Å². The molecule has 2 aromatic rings. The molecule has 0 saturated heterocycles. The minimum Gasteiger partial charge on any atom is -0.394 e. The second-order valence-electron chi connectivity index (χ2n) is 6.78. The van der Waals surface area contributed by atoms with Crippen LogP contribution < -0.4 is 5.32 Å². The van der Waals surface area contributed by atoms with Crippen molar-refractivity contribution in [3.05, 3.63) is 36.0 Å². The summed E-state index contributed by atoms with van der Waals surface area (Å²) in [6.07, 6.45) is 2.68. The molecule has 114 valence electrons. The van der Waals surface area contributed by atoms with E-state index in [0.29, 0.717) is 5.56 Å². The summed E-state index contributed by atoms with van der Waals surface area (Å²) in [5.74, 6) is -0.130. The van der Waals surface area contributed by atoms with E-state index in [9.17, 15) is 9.90 Å². The highest BCUT2D eigenvalue weighted by molar-refractivity contribution is 6.06. The lowest BCUT2D eigenvalue weighted by atomic mass is 9.88. The Bertz CT molecular complexity index is 638. The van der Waals surface area contributed by atoms with Crippen molar-refractivity contribution in [2.45, 2.75) is 33.2 Å². The number of carbonyl (C=O) groups is 1. The predicted octanol–water partition coefficient (Wildman–Crippen LogP) is 2.71. The molecule has 0 aliphatic carbocycles. The smallest absolute Gasteiger partial charge is 0.252 e. The van der Waals surface area contributed by atoms with E-state index in [-0.39, 0.29) is 24.0 Å². The van der Waals surface area contributed by atoms with Gasteiger partial charge in [-0.3, -0.25) is 4.79 Å². The fourth-order valence-electron chi connectivity index (χ4n) is 2.66. The van der Waals surface area contributed by atoms with Crippen molar-refractivity contribution in [3.8, 4) is 0 Å². The topological polar surface area (TPSA) is 54.3 Å². The standard InChI is InChI=1S/C17H24N2O2/c1-17(2,3)10-12(11-20)18-16(21)14-6-5-7-15-13(14)8-9-19(15)4/h5-9,12,20H,10-11H2,1-4H3,(H,18,21). The lowest BCUT2D eigenvalue weighted by Crippen LogP contribution is -2.40. The molecule has 0 bridgehead atoms. The molecule has 4 heteroatoms. The third-order valence-corrected chi connectivity index (χ3v) is 3.59. The summed E-state index contributed by atoms with van der Waals surface area (Å²) in [7, 11) is 1.96. The average molecular weight is 288 g/mol. The van der Waals surface area contributed by atoms with Crippen LogP contribution in [0.3, 0.4) is 0 Å². The first kappa shape index (κ1) is 15.6. The van der Waals surface area contributed by atoms with Crippen molar-refractivity contribution in [1.29, 1.82) is 0 Å². The van der Waals surface area contributed by atoms with Crippen molar-refractivity contribution in [3.63, 3.8) is 0 Å². The van der Waals surface area contributed by atoms with E-state index < -0.39 is 0 Å². The zero-order chi connectivity index (χ0) is 15.6. The Kier molecular flexibility index (Phi) is 4.37. The number of carbonyl (C=O) groups excluding carboxylic acids is 1. The molecule has 0 aliphatic heterocycles. The largest absolute Gasteiger partial charge is 0.394 e. The molecule has 2 N–H and O–H groups in total. The van der Waals surface area contributed by atoms with Gasteiger partial charge in [0.25, 0.3) is 5.91 Å². The highest BCUT2D eigenvalue weighted by atomic mass is 16.3. The van der Waals surface area contributed by atoms with Crippen molar-refractivity contribution >= 4 is 16.8 Å². The SMILES string of the molecule is Cn1ccc2c(C(=O)NC(CO)CC(C)(C)C)cccc21. The van der Waals surface area contributed by atoms with Gasteiger partial charge in [-0.15, -0.1) is 0 Å². The zero-order valence-corrected chi connectivity index (χ0v) is 13.2. The molecule has 21 heavy (non-hydrogen) atoms. The minimum atomic E-state index is -0.225. The maximum atomic E-state index is 12.5. The molecule has 1 aromatic heterocycles. The van der Waals surface area contributed by atoms with Crippen LogP contribution in [0.2, 0.25) is 0 Å². The highest BCUT2D eigenvalue weighted by Crippen LogP contribution is 2.22. The Morgan fingerprint density at radius 2 is 2.05 bits per heavy atom. The average Bonchev–Trinajstić information content (AvgIpc) is 2.78. The summed E-state index contributed by atoms with van der Waals surface area (Å²) < 4.78 is 1.99. The summed E-state index contributed by atoms with van der Waals surface area (Å²) in [5.41, 5.74) is 1.74.